The molecule has 0 radical (unpaired) electrons. The summed E-state index contributed by atoms with van der Waals surface area (Å²) >= 11 is 0. The molecule has 0 atom stereocenters. The topological polar surface area (TPSA) is 83.3 Å². The number of rotatable bonds is 3. The first-order valence-corrected chi connectivity index (χ1v) is 5.07. The van der Waals surface area contributed by atoms with E-state index in [9.17, 15) is 4.79 Å². The maximum Gasteiger partial charge on any atom is 0.291 e. The van der Waals surface area contributed by atoms with Crippen LogP contribution in [0.3, 0.4) is 0 Å². The molecule has 6 heteroatoms. The van der Waals surface area contributed by atoms with Crippen LogP contribution in [0.5, 0.6) is 0 Å². The molecule has 0 aliphatic rings. The maximum atomic E-state index is 11.5. The molecule has 2 N–H and O–H groups in total. The predicted octanol–water partition coefficient (Wildman–Crippen LogP) is 1.38. The van der Waals surface area contributed by atoms with Crippen LogP contribution in [-0.2, 0) is 0 Å². The fourth-order valence-electron chi connectivity index (χ4n) is 1.27. The van der Waals surface area contributed by atoms with Crippen LogP contribution < -0.4 is 5.43 Å². The van der Waals surface area contributed by atoms with Crippen molar-refractivity contribution in [3.8, 4) is 0 Å². The number of carbonyl (C=O) groups excluding carboxylic acids is 1. The molecule has 17 heavy (non-hydrogen) atoms. The number of hydrogen-bond acceptors (Lipinski definition) is 4. The molecule has 2 rings (SSSR count). The fourth-order valence-corrected chi connectivity index (χ4v) is 1.27. The maximum absolute atomic E-state index is 11.5. The van der Waals surface area contributed by atoms with Crippen LogP contribution in [-0.4, -0.2) is 22.3 Å². The number of furan rings is 1. The first-order valence-electron chi connectivity index (χ1n) is 5.07. The van der Waals surface area contributed by atoms with Crippen molar-refractivity contribution in [2.24, 2.45) is 5.10 Å². The molecule has 0 saturated carbocycles. The minimum absolute atomic E-state index is 0.301. The Bertz CT molecular complexity index is 553. The lowest BCUT2D eigenvalue weighted by molar-refractivity contribution is 0.0950. The highest BCUT2D eigenvalue weighted by atomic mass is 16.3. The molecule has 2 aromatic heterocycles. The summed E-state index contributed by atoms with van der Waals surface area (Å²) in [6.45, 7) is 3.65. The molecule has 0 aromatic carbocycles. The molecule has 0 aliphatic carbocycles. The number of aromatic nitrogens is 2. The van der Waals surface area contributed by atoms with Gasteiger partial charge in [0.1, 0.15) is 11.5 Å². The Morgan fingerprint density at radius 3 is 2.94 bits per heavy atom. The van der Waals surface area contributed by atoms with Crippen molar-refractivity contribution in [1.82, 2.24) is 15.6 Å². The third kappa shape index (κ3) is 2.81. The number of amides is 1. The van der Waals surface area contributed by atoms with Gasteiger partial charge in [0, 0.05) is 5.69 Å². The van der Waals surface area contributed by atoms with E-state index in [2.05, 4.69) is 20.7 Å². The third-order valence-corrected chi connectivity index (χ3v) is 2.06. The Morgan fingerprint density at radius 2 is 2.35 bits per heavy atom. The van der Waals surface area contributed by atoms with Gasteiger partial charge in [0.05, 0.1) is 6.21 Å². The van der Waals surface area contributed by atoms with Gasteiger partial charge in [-0.1, -0.05) is 0 Å². The Labute approximate surface area is 97.7 Å². The molecule has 88 valence electrons. The summed E-state index contributed by atoms with van der Waals surface area (Å²) in [6.07, 6.45) is 1.43. The number of aryl methyl sites for hydroxylation is 2. The van der Waals surface area contributed by atoms with Crippen molar-refractivity contribution >= 4 is 12.1 Å². The quantitative estimate of drug-likeness (QED) is 0.619. The number of hydrogen-bond donors (Lipinski definition) is 2. The van der Waals surface area contributed by atoms with Crippen LogP contribution in [0.15, 0.2) is 27.7 Å². The van der Waals surface area contributed by atoms with E-state index in [1.165, 1.54) is 6.21 Å². The van der Waals surface area contributed by atoms with E-state index in [4.69, 9.17) is 4.42 Å². The first-order chi connectivity index (χ1) is 8.15. The smallest absolute Gasteiger partial charge is 0.291 e. The number of aromatic amines is 1. The summed E-state index contributed by atoms with van der Waals surface area (Å²) in [6, 6.07) is 5.23. The zero-order valence-electron chi connectivity index (χ0n) is 9.52. The lowest BCUT2D eigenvalue weighted by atomic mass is 10.4. The minimum atomic E-state index is -0.367. The van der Waals surface area contributed by atoms with Gasteiger partial charge in [-0.15, -0.1) is 0 Å². The SMILES string of the molecule is Cc1cc(C(=O)N/N=C\c2ccc(C)o2)n[nH]1. The highest BCUT2D eigenvalue weighted by molar-refractivity contribution is 5.92. The fraction of sp³-hybridized carbons (Fsp3) is 0.182. The van der Waals surface area contributed by atoms with Crippen LogP contribution in [0.4, 0.5) is 0 Å². The summed E-state index contributed by atoms with van der Waals surface area (Å²) in [5, 5.41) is 10.3. The normalized spacial score (nSPS) is 10.9. The average Bonchev–Trinajstić information content (AvgIpc) is 2.88. The Balaban J connectivity index is 1.94. The van der Waals surface area contributed by atoms with Crippen molar-refractivity contribution in [2.75, 3.05) is 0 Å². The van der Waals surface area contributed by atoms with Crippen molar-refractivity contribution in [1.29, 1.82) is 0 Å². The molecule has 0 saturated heterocycles. The Kier molecular flexibility index (Phi) is 3.04. The van der Waals surface area contributed by atoms with Gasteiger partial charge in [0.15, 0.2) is 5.69 Å². The van der Waals surface area contributed by atoms with Crippen LogP contribution in [0.2, 0.25) is 0 Å². The summed E-state index contributed by atoms with van der Waals surface area (Å²) < 4.78 is 5.25. The molecule has 0 spiro atoms. The molecule has 0 unspecified atom stereocenters. The van der Waals surface area contributed by atoms with Gasteiger partial charge >= 0.3 is 0 Å². The van der Waals surface area contributed by atoms with E-state index in [0.717, 1.165) is 11.5 Å². The van der Waals surface area contributed by atoms with Crippen molar-refractivity contribution in [3.63, 3.8) is 0 Å². The second kappa shape index (κ2) is 4.65. The second-order valence-corrected chi connectivity index (χ2v) is 3.58. The molecule has 2 heterocycles. The van der Waals surface area contributed by atoms with E-state index in [0.29, 0.717) is 11.5 Å². The van der Waals surface area contributed by atoms with Crippen LogP contribution in [0.25, 0.3) is 0 Å². The highest BCUT2D eigenvalue weighted by Crippen LogP contribution is 2.02. The molecular formula is C11H12N4O2. The lowest BCUT2D eigenvalue weighted by Crippen LogP contribution is -2.17. The summed E-state index contributed by atoms with van der Waals surface area (Å²) in [5.74, 6) is 1.01. The molecular weight excluding hydrogens is 220 g/mol. The van der Waals surface area contributed by atoms with Gasteiger partial charge in [-0.3, -0.25) is 9.89 Å². The number of hydrazone groups is 1. The molecule has 2 aromatic rings. The van der Waals surface area contributed by atoms with Crippen LogP contribution >= 0.6 is 0 Å². The van der Waals surface area contributed by atoms with Crippen LogP contribution in [0.1, 0.15) is 27.7 Å². The summed E-state index contributed by atoms with van der Waals surface area (Å²) in [7, 11) is 0. The largest absolute Gasteiger partial charge is 0.460 e. The van der Waals surface area contributed by atoms with Gasteiger partial charge in [-0.05, 0) is 32.0 Å². The van der Waals surface area contributed by atoms with Gasteiger partial charge in [0.2, 0.25) is 0 Å². The highest BCUT2D eigenvalue weighted by Gasteiger charge is 2.07. The van der Waals surface area contributed by atoms with Crippen molar-refractivity contribution in [2.45, 2.75) is 13.8 Å². The van der Waals surface area contributed by atoms with Gasteiger partial charge in [0.25, 0.3) is 5.91 Å². The van der Waals surface area contributed by atoms with Gasteiger partial charge in [-0.2, -0.15) is 10.2 Å². The van der Waals surface area contributed by atoms with Crippen LogP contribution in [0, 0.1) is 13.8 Å². The molecule has 0 bridgehead atoms. The number of nitrogens with one attached hydrogen (secondary N) is 2. The minimum Gasteiger partial charge on any atom is -0.460 e. The van der Waals surface area contributed by atoms with Gasteiger partial charge < -0.3 is 4.42 Å². The van der Waals surface area contributed by atoms with Crippen molar-refractivity contribution in [3.05, 3.63) is 41.1 Å². The van der Waals surface area contributed by atoms with E-state index in [-0.39, 0.29) is 5.91 Å². The van der Waals surface area contributed by atoms with Crippen molar-refractivity contribution < 1.29 is 9.21 Å². The predicted molar refractivity (Wildman–Crippen MR) is 61.8 cm³/mol. The summed E-state index contributed by atoms with van der Waals surface area (Å²) in [4.78, 5) is 11.5. The Hall–Kier alpha value is -2.37. The first kappa shape index (κ1) is 11.1. The lowest BCUT2D eigenvalue weighted by Gasteiger charge is -1.93. The second-order valence-electron chi connectivity index (χ2n) is 3.58. The van der Waals surface area contributed by atoms with Gasteiger partial charge in [-0.25, -0.2) is 5.43 Å². The molecule has 0 aliphatic heterocycles. The summed E-state index contributed by atoms with van der Waals surface area (Å²) in [5.41, 5.74) is 3.48. The zero-order chi connectivity index (χ0) is 12.3. The third-order valence-electron chi connectivity index (χ3n) is 2.06. The standard InChI is InChI=1S/C11H12N4O2/c1-7-5-10(14-13-7)11(16)15-12-6-9-4-3-8(2)17-9/h3-6H,1-2H3,(H,13,14)(H,15,16)/b12-6-. The number of H-pyrrole nitrogens is 1. The molecule has 1 amide bonds. The zero-order valence-corrected chi connectivity index (χ0v) is 9.52. The number of carbonyl (C=O) groups is 1. The van der Waals surface area contributed by atoms with E-state index >= 15 is 0 Å². The van der Waals surface area contributed by atoms with E-state index in [1.807, 2.05) is 19.9 Å². The molecule has 6 nitrogen and oxygen atoms in total. The number of nitrogens with zero attached hydrogens (tertiary/aromatic N) is 2. The average molecular weight is 232 g/mol. The molecule has 0 fully saturated rings. The Morgan fingerprint density at radius 1 is 1.53 bits per heavy atom. The van der Waals surface area contributed by atoms with E-state index < -0.39 is 0 Å². The monoisotopic (exact) mass is 232 g/mol. The van der Waals surface area contributed by atoms with E-state index in [1.54, 1.807) is 12.1 Å².